The summed E-state index contributed by atoms with van der Waals surface area (Å²) in [5, 5.41) is 0.768. The summed E-state index contributed by atoms with van der Waals surface area (Å²) in [5.41, 5.74) is 3.97. The van der Waals surface area contributed by atoms with E-state index in [1.807, 2.05) is 55.5 Å². The minimum Gasteiger partial charge on any atom is -0.493 e. The molecule has 33 heavy (non-hydrogen) atoms. The molecule has 6 heteroatoms. The highest BCUT2D eigenvalue weighted by Gasteiger charge is 2.24. The monoisotopic (exact) mass is 443 g/mol. The van der Waals surface area contributed by atoms with E-state index in [1.54, 1.807) is 40.6 Å². The summed E-state index contributed by atoms with van der Waals surface area (Å²) < 4.78 is 22.0. The maximum absolute atomic E-state index is 13.7. The fraction of sp³-hybridized carbons (Fsp3) is 0.185. The van der Waals surface area contributed by atoms with Crippen LogP contribution < -0.4 is 18.9 Å². The Morgan fingerprint density at radius 3 is 1.97 bits per heavy atom. The van der Waals surface area contributed by atoms with Gasteiger partial charge in [0.1, 0.15) is 0 Å². The first kappa shape index (κ1) is 22.1. The van der Waals surface area contributed by atoms with Crippen molar-refractivity contribution in [3.05, 3.63) is 77.5 Å². The number of rotatable bonds is 7. The van der Waals surface area contributed by atoms with Crippen molar-refractivity contribution in [3.8, 4) is 34.1 Å². The molecule has 0 radical (unpaired) electrons. The SMILES string of the molecule is COc1ccc(-c2c(C(=O)c3ccccc3)c(C)nc3cc(OC)c(OC)cc23)cc1OC. The summed E-state index contributed by atoms with van der Waals surface area (Å²) in [5.74, 6) is 2.18. The van der Waals surface area contributed by atoms with E-state index in [2.05, 4.69) is 0 Å². The second-order valence-corrected chi connectivity index (χ2v) is 7.44. The van der Waals surface area contributed by atoms with Gasteiger partial charge in [0.15, 0.2) is 28.8 Å². The predicted molar refractivity (Wildman–Crippen MR) is 128 cm³/mol. The Hall–Kier alpha value is -4.06. The molecule has 1 heterocycles. The van der Waals surface area contributed by atoms with E-state index in [0.717, 1.165) is 16.5 Å². The Kier molecular flexibility index (Phi) is 6.18. The number of carbonyl (C=O) groups excluding carboxylic acids is 1. The molecule has 0 amide bonds. The topological polar surface area (TPSA) is 66.9 Å². The van der Waals surface area contributed by atoms with Crippen LogP contribution >= 0.6 is 0 Å². The molecule has 168 valence electrons. The highest BCUT2D eigenvalue weighted by molar-refractivity contribution is 6.17. The lowest BCUT2D eigenvalue weighted by atomic mass is 9.89. The van der Waals surface area contributed by atoms with E-state index in [-0.39, 0.29) is 5.78 Å². The van der Waals surface area contributed by atoms with E-state index in [4.69, 9.17) is 23.9 Å². The molecule has 6 nitrogen and oxygen atoms in total. The Morgan fingerprint density at radius 1 is 0.727 bits per heavy atom. The van der Waals surface area contributed by atoms with E-state index in [0.29, 0.717) is 45.3 Å². The standard InChI is InChI=1S/C27H25NO5/c1-16-25(27(29)17-9-7-6-8-10-17)26(18-11-12-21(30-2)22(13-18)31-3)19-14-23(32-4)24(33-5)15-20(19)28-16/h6-15H,1-5H3. The van der Waals surface area contributed by atoms with Crippen LogP contribution in [0.3, 0.4) is 0 Å². The van der Waals surface area contributed by atoms with E-state index < -0.39 is 0 Å². The molecule has 0 saturated heterocycles. The number of benzene rings is 3. The maximum Gasteiger partial charge on any atom is 0.195 e. The highest BCUT2D eigenvalue weighted by Crippen LogP contribution is 2.42. The molecular weight excluding hydrogens is 418 g/mol. The Morgan fingerprint density at radius 2 is 1.33 bits per heavy atom. The summed E-state index contributed by atoms with van der Waals surface area (Å²) >= 11 is 0. The molecule has 0 atom stereocenters. The zero-order chi connectivity index (χ0) is 23.5. The molecule has 1 aromatic heterocycles. The van der Waals surface area contributed by atoms with Gasteiger partial charge in [-0.25, -0.2) is 0 Å². The van der Waals surface area contributed by atoms with Crippen molar-refractivity contribution in [2.24, 2.45) is 0 Å². The molecule has 0 aliphatic heterocycles. The summed E-state index contributed by atoms with van der Waals surface area (Å²) in [7, 11) is 6.34. The second kappa shape index (κ2) is 9.20. The van der Waals surface area contributed by atoms with E-state index in [1.165, 1.54) is 0 Å². The number of carbonyl (C=O) groups is 1. The lowest BCUT2D eigenvalue weighted by molar-refractivity contribution is 0.103. The van der Waals surface area contributed by atoms with E-state index >= 15 is 0 Å². The van der Waals surface area contributed by atoms with Crippen LogP contribution in [0.2, 0.25) is 0 Å². The molecular formula is C27H25NO5. The third kappa shape index (κ3) is 3.96. The van der Waals surface area contributed by atoms with Crippen molar-refractivity contribution in [3.63, 3.8) is 0 Å². The van der Waals surface area contributed by atoms with Crippen LogP contribution in [0.25, 0.3) is 22.0 Å². The number of aromatic nitrogens is 1. The van der Waals surface area contributed by atoms with Gasteiger partial charge in [0.2, 0.25) is 0 Å². The number of hydrogen-bond acceptors (Lipinski definition) is 6. The third-order valence-electron chi connectivity index (χ3n) is 5.61. The third-order valence-corrected chi connectivity index (χ3v) is 5.61. The van der Waals surface area contributed by atoms with Gasteiger partial charge in [-0.3, -0.25) is 9.78 Å². The van der Waals surface area contributed by atoms with Gasteiger partial charge in [0, 0.05) is 28.3 Å². The van der Waals surface area contributed by atoms with Crippen molar-refractivity contribution >= 4 is 16.7 Å². The number of fused-ring (bicyclic) bond motifs is 1. The Labute approximate surface area is 192 Å². The number of methoxy groups -OCH3 is 4. The molecule has 3 aromatic carbocycles. The Bertz CT molecular complexity index is 1330. The molecule has 0 bridgehead atoms. The molecule has 4 rings (SSSR count). The lowest BCUT2D eigenvalue weighted by Crippen LogP contribution is -2.09. The normalized spacial score (nSPS) is 10.7. The van der Waals surface area contributed by atoms with Gasteiger partial charge in [0.25, 0.3) is 0 Å². The fourth-order valence-electron chi connectivity index (χ4n) is 4.02. The van der Waals surface area contributed by atoms with Crippen LogP contribution in [0.4, 0.5) is 0 Å². The molecule has 0 saturated carbocycles. The first-order valence-corrected chi connectivity index (χ1v) is 10.4. The molecule has 0 fully saturated rings. The fourth-order valence-corrected chi connectivity index (χ4v) is 4.02. The van der Waals surface area contributed by atoms with Crippen LogP contribution in [-0.4, -0.2) is 39.2 Å². The van der Waals surface area contributed by atoms with Gasteiger partial charge >= 0.3 is 0 Å². The predicted octanol–water partition coefficient (Wildman–Crippen LogP) is 5.48. The quantitative estimate of drug-likeness (QED) is 0.353. The Balaban J connectivity index is 2.11. The maximum atomic E-state index is 13.7. The van der Waals surface area contributed by atoms with Gasteiger partial charge < -0.3 is 18.9 Å². The van der Waals surface area contributed by atoms with Crippen LogP contribution in [0.15, 0.2) is 60.7 Å². The number of aryl methyl sites for hydroxylation is 1. The van der Waals surface area contributed by atoms with Crippen LogP contribution in [-0.2, 0) is 0 Å². The van der Waals surface area contributed by atoms with Gasteiger partial charge in [-0.05, 0) is 30.7 Å². The first-order valence-electron chi connectivity index (χ1n) is 10.4. The van der Waals surface area contributed by atoms with Gasteiger partial charge in [-0.15, -0.1) is 0 Å². The van der Waals surface area contributed by atoms with Crippen LogP contribution in [0.1, 0.15) is 21.6 Å². The minimum atomic E-state index is -0.109. The molecule has 4 aromatic rings. The number of ketones is 1. The molecule has 0 aliphatic carbocycles. The van der Waals surface area contributed by atoms with Crippen molar-refractivity contribution in [2.75, 3.05) is 28.4 Å². The van der Waals surface area contributed by atoms with E-state index in [9.17, 15) is 4.79 Å². The average molecular weight is 443 g/mol. The average Bonchev–Trinajstić information content (AvgIpc) is 2.86. The minimum absolute atomic E-state index is 0.109. The van der Waals surface area contributed by atoms with Gasteiger partial charge in [0.05, 0.1) is 39.5 Å². The summed E-state index contributed by atoms with van der Waals surface area (Å²) in [6.07, 6.45) is 0. The number of ether oxygens (including phenoxy) is 4. The number of pyridine rings is 1. The molecule has 0 unspecified atom stereocenters. The number of hydrogen-bond donors (Lipinski definition) is 0. The summed E-state index contributed by atoms with van der Waals surface area (Å²) in [6, 6.07) is 18.5. The second-order valence-electron chi connectivity index (χ2n) is 7.44. The molecule has 0 aliphatic rings. The number of nitrogens with zero attached hydrogens (tertiary/aromatic N) is 1. The smallest absolute Gasteiger partial charge is 0.195 e. The van der Waals surface area contributed by atoms with Crippen molar-refractivity contribution in [1.82, 2.24) is 4.98 Å². The largest absolute Gasteiger partial charge is 0.493 e. The van der Waals surface area contributed by atoms with Crippen LogP contribution in [0, 0.1) is 6.92 Å². The highest BCUT2D eigenvalue weighted by atomic mass is 16.5. The molecule has 0 spiro atoms. The summed E-state index contributed by atoms with van der Waals surface area (Å²) in [4.78, 5) is 18.5. The molecule has 0 N–H and O–H groups in total. The van der Waals surface area contributed by atoms with Gasteiger partial charge in [-0.1, -0.05) is 36.4 Å². The van der Waals surface area contributed by atoms with Crippen LogP contribution in [0.5, 0.6) is 23.0 Å². The zero-order valence-corrected chi connectivity index (χ0v) is 19.3. The van der Waals surface area contributed by atoms with Crippen molar-refractivity contribution < 1.29 is 23.7 Å². The van der Waals surface area contributed by atoms with Gasteiger partial charge in [-0.2, -0.15) is 0 Å². The zero-order valence-electron chi connectivity index (χ0n) is 19.3. The van der Waals surface area contributed by atoms with Crippen molar-refractivity contribution in [2.45, 2.75) is 6.92 Å². The lowest BCUT2D eigenvalue weighted by Gasteiger charge is -2.18. The first-order chi connectivity index (χ1) is 16.0. The summed E-state index contributed by atoms with van der Waals surface area (Å²) in [6.45, 7) is 1.84. The van der Waals surface area contributed by atoms with Crippen molar-refractivity contribution in [1.29, 1.82) is 0 Å².